The van der Waals surface area contributed by atoms with Crippen molar-refractivity contribution in [1.82, 2.24) is 9.97 Å². The van der Waals surface area contributed by atoms with Crippen molar-refractivity contribution in [3.05, 3.63) is 110 Å². The minimum Gasteiger partial charge on any atom is -0.268 e. The predicted octanol–water partition coefficient (Wildman–Crippen LogP) is 7.24. The van der Waals surface area contributed by atoms with Crippen LogP contribution in [0.3, 0.4) is 0 Å². The van der Waals surface area contributed by atoms with Crippen LogP contribution in [-0.2, 0) is 0 Å². The lowest BCUT2D eigenvalue weighted by Crippen LogP contribution is -2.38. The number of carbonyl (C=O) groups excluding carboxylic acids is 2. The number of benzene rings is 3. The molecule has 1 heterocycles. The minimum absolute atomic E-state index is 0.0400. The monoisotopic (exact) mass is 515 g/mol. The summed E-state index contributed by atoms with van der Waals surface area (Å²) in [4.78, 5) is 36.6. The Morgan fingerprint density at radius 3 is 1.82 bits per heavy atom. The maximum atomic E-state index is 13.7. The largest absolute Gasteiger partial charge is 0.268 e. The molecule has 0 saturated heterocycles. The number of anilines is 1. The average Bonchev–Trinajstić information content (AvgIpc) is 2.82. The van der Waals surface area contributed by atoms with Gasteiger partial charge >= 0.3 is 0 Å². The van der Waals surface area contributed by atoms with E-state index in [1.165, 1.54) is 24.7 Å². The van der Waals surface area contributed by atoms with E-state index in [1.807, 2.05) is 0 Å². The van der Waals surface area contributed by atoms with Gasteiger partial charge in [0, 0.05) is 11.8 Å². The number of halogens is 4. The van der Waals surface area contributed by atoms with E-state index in [0.29, 0.717) is 21.2 Å². The number of hydrogen-bond donors (Lipinski definition) is 0. The molecular formula is C24H13Cl4N3O2. The molecule has 0 aliphatic heterocycles. The van der Waals surface area contributed by atoms with E-state index in [0.717, 1.165) is 4.90 Å². The van der Waals surface area contributed by atoms with Crippen molar-refractivity contribution in [2.75, 3.05) is 4.90 Å². The summed E-state index contributed by atoms with van der Waals surface area (Å²) >= 11 is 24.8. The molecule has 2 amide bonds. The first-order valence-electron chi connectivity index (χ1n) is 9.51. The van der Waals surface area contributed by atoms with Crippen LogP contribution >= 0.6 is 46.4 Å². The molecule has 0 saturated carbocycles. The van der Waals surface area contributed by atoms with Crippen molar-refractivity contribution in [3.63, 3.8) is 0 Å². The highest BCUT2D eigenvalue weighted by atomic mass is 35.5. The molecule has 0 bridgehead atoms. The first-order chi connectivity index (χ1) is 15.9. The van der Waals surface area contributed by atoms with Gasteiger partial charge in [-0.2, -0.15) is 0 Å². The summed E-state index contributed by atoms with van der Waals surface area (Å²) in [5, 5.41) is 1.02. The number of carbonyl (C=O) groups is 2. The number of imide groups is 1. The van der Waals surface area contributed by atoms with Gasteiger partial charge < -0.3 is 0 Å². The molecule has 4 aromatic rings. The van der Waals surface area contributed by atoms with Crippen molar-refractivity contribution in [2.45, 2.75) is 0 Å². The van der Waals surface area contributed by atoms with E-state index >= 15 is 0 Å². The first-order valence-corrected chi connectivity index (χ1v) is 11.0. The Kier molecular flexibility index (Phi) is 6.96. The second-order valence-electron chi connectivity index (χ2n) is 6.79. The summed E-state index contributed by atoms with van der Waals surface area (Å²) in [6, 6.07) is 17.7. The van der Waals surface area contributed by atoms with E-state index < -0.39 is 11.8 Å². The molecule has 33 heavy (non-hydrogen) atoms. The number of aromatic nitrogens is 2. The molecule has 0 aliphatic carbocycles. The highest BCUT2D eigenvalue weighted by Crippen LogP contribution is 2.35. The molecule has 9 heteroatoms. The topological polar surface area (TPSA) is 63.2 Å². The Balaban J connectivity index is 1.94. The van der Waals surface area contributed by atoms with Gasteiger partial charge in [-0.05, 0) is 42.0 Å². The lowest BCUT2D eigenvalue weighted by atomic mass is 10.1. The molecule has 0 fully saturated rings. The fourth-order valence-electron chi connectivity index (χ4n) is 3.16. The van der Waals surface area contributed by atoms with Gasteiger partial charge in [0.15, 0.2) is 5.82 Å². The van der Waals surface area contributed by atoms with Gasteiger partial charge in [-0.25, -0.2) is 14.9 Å². The molecule has 0 spiro atoms. The molecule has 0 N–H and O–H groups in total. The molecule has 0 atom stereocenters. The summed E-state index contributed by atoms with van der Waals surface area (Å²) in [7, 11) is 0. The van der Waals surface area contributed by atoms with E-state index in [-0.39, 0.29) is 27.0 Å². The summed E-state index contributed by atoms with van der Waals surface area (Å²) in [5.41, 5.74) is 1.19. The lowest BCUT2D eigenvalue weighted by Gasteiger charge is -2.23. The van der Waals surface area contributed by atoms with Crippen LogP contribution in [0.2, 0.25) is 20.1 Å². The molecule has 164 valence electrons. The maximum Gasteiger partial charge on any atom is 0.268 e. The van der Waals surface area contributed by atoms with Crippen LogP contribution < -0.4 is 4.90 Å². The van der Waals surface area contributed by atoms with Crippen molar-refractivity contribution in [2.24, 2.45) is 0 Å². The van der Waals surface area contributed by atoms with Crippen LogP contribution in [0.5, 0.6) is 0 Å². The van der Waals surface area contributed by atoms with Crippen LogP contribution in [-0.4, -0.2) is 21.8 Å². The molecule has 3 aromatic carbocycles. The van der Waals surface area contributed by atoms with Gasteiger partial charge in [0.05, 0.1) is 31.2 Å². The maximum absolute atomic E-state index is 13.7. The third-order valence-corrected chi connectivity index (χ3v) is 6.15. The molecule has 0 aliphatic rings. The normalized spacial score (nSPS) is 10.7. The Morgan fingerprint density at radius 2 is 1.27 bits per heavy atom. The number of amides is 2. The van der Waals surface area contributed by atoms with E-state index in [4.69, 9.17) is 46.4 Å². The Labute approximate surface area is 209 Å². The van der Waals surface area contributed by atoms with Gasteiger partial charge in [-0.1, -0.05) is 76.7 Å². The first kappa shape index (κ1) is 23.2. The van der Waals surface area contributed by atoms with E-state index in [2.05, 4.69) is 9.97 Å². The minimum atomic E-state index is -0.675. The Bertz CT molecular complexity index is 1320. The van der Waals surface area contributed by atoms with Crippen molar-refractivity contribution in [1.29, 1.82) is 0 Å². The fraction of sp³-hybridized carbons (Fsp3) is 0. The standard InChI is InChI=1S/C24H13Cl4N3O2/c25-18-7-3-1-5-15(18)23(32)31(24(33)16-6-2-4-8-19(16)26)22-17(12-29-13-30-22)14-9-10-20(27)21(28)11-14/h1-13H. The summed E-state index contributed by atoms with van der Waals surface area (Å²) in [5.74, 6) is -1.31. The highest BCUT2D eigenvalue weighted by Gasteiger charge is 2.31. The summed E-state index contributed by atoms with van der Waals surface area (Å²) in [6.45, 7) is 0. The molecule has 0 unspecified atom stereocenters. The predicted molar refractivity (Wildman–Crippen MR) is 132 cm³/mol. The zero-order valence-corrected chi connectivity index (χ0v) is 19.7. The van der Waals surface area contributed by atoms with Gasteiger partial charge in [0.25, 0.3) is 11.8 Å². The van der Waals surface area contributed by atoms with Gasteiger partial charge in [0.2, 0.25) is 0 Å². The second kappa shape index (κ2) is 9.89. The molecule has 0 radical (unpaired) electrons. The summed E-state index contributed by atoms with van der Waals surface area (Å²) in [6.07, 6.45) is 2.72. The van der Waals surface area contributed by atoms with E-state index in [1.54, 1.807) is 54.6 Å². The molecular weight excluding hydrogens is 504 g/mol. The molecule has 4 rings (SSSR count). The Morgan fingerprint density at radius 1 is 0.697 bits per heavy atom. The van der Waals surface area contributed by atoms with Crippen LogP contribution in [0.1, 0.15) is 20.7 Å². The molecule has 5 nitrogen and oxygen atoms in total. The number of nitrogens with zero attached hydrogens (tertiary/aromatic N) is 3. The van der Waals surface area contributed by atoms with Crippen molar-refractivity contribution >= 4 is 64.0 Å². The number of rotatable bonds is 4. The third kappa shape index (κ3) is 4.72. The number of hydrogen-bond acceptors (Lipinski definition) is 4. The SMILES string of the molecule is O=C(c1ccccc1Cl)N(C(=O)c1ccccc1Cl)c1ncncc1-c1ccc(Cl)c(Cl)c1. The fourth-order valence-corrected chi connectivity index (χ4v) is 3.89. The average molecular weight is 517 g/mol. The Hall–Kier alpha value is -2.96. The van der Waals surface area contributed by atoms with Gasteiger partial charge in [0.1, 0.15) is 6.33 Å². The van der Waals surface area contributed by atoms with E-state index in [9.17, 15) is 9.59 Å². The van der Waals surface area contributed by atoms with Crippen LogP contribution in [0.15, 0.2) is 79.3 Å². The smallest absolute Gasteiger partial charge is 0.268 e. The zero-order chi connectivity index (χ0) is 23.5. The summed E-state index contributed by atoms with van der Waals surface area (Å²) < 4.78 is 0. The molecule has 1 aromatic heterocycles. The highest BCUT2D eigenvalue weighted by molar-refractivity contribution is 6.42. The second-order valence-corrected chi connectivity index (χ2v) is 8.42. The van der Waals surface area contributed by atoms with Crippen LogP contribution in [0.25, 0.3) is 11.1 Å². The van der Waals surface area contributed by atoms with Crippen LogP contribution in [0.4, 0.5) is 5.82 Å². The quantitative estimate of drug-likeness (QED) is 0.268. The third-order valence-electron chi connectivity index (χ3n) is 4.75. The van der Waals surface area contributed by atoms with Gasteiger partial charge in [-0.3, -0.25) is 9.59 Å². The van der Waals surface area contributed by atoms with Crippen molar-refractivity contribution < 1.29 is 9.59 Å². The lowest BCUT2D eigenvalue weighted by molar-refractivity contribution is 0.0897. The zero-order valence-electron chi connectivity index (χ0n) is 16.7. The van der Waals surface area contributed by atoms with Crippen LogP contribution in [0, 0.1) is 0 Å². The van der Waals surface area contributed by atoms with Crippen molar-refractivity contribution in [3.8, 4) is 11.1 Å². The van der Waals surface area contributed by atoms with Gasteiger partial charge in [-0.15, -0.1) is 0 Å².